The van der Waals surface area contributed by atoms with Gasteiger partial charge >= 0.3 is 76.3 Å². The summed E-state index contributed by atoms with van der Waals surface area (Å²) >= 11 is 0. The second-order valence-electron chi connectivity index (χ2n) is 10.9. The van der Waals surface area contributed by atoms with Crippen molar-refractivity contribution in [3.8, 4) is 23.0 Å². The molecule has 0 aliphatic rings. The van der Waals surface area contributed by atoms with Crippen LogP contribution in [0.5, 0.6) is 23.0 Å². The van der Waals surface area contributed by atoms with Crippen LogP contribution in [0.15, 0.2) is 129 Å². The second kappa shape index (κ2) is 40.2. The molecule has 338 valence electrons. The standard InChI is InChI=1S/2C14H13N3O3.2C5H8O2.2C2H6O.2Dy/c2*1-20-12-7-4-5-10(13(12)18)9-16-17-14(19)11-6-2-3-8-15-11;2*1-4(6)3-5(2)7;2*1-2-3;;/h2*2-9,18H,1H3,(H,17,19);2*3,6H,1-2H3;2*3H,2H2,1H3;;/q;;;;;;2*+3/p-6/b2*16-9+;2*4-3-;;;;. The molecule has 4 aromatic rings. The zero-order valence-corrected chi connectivity index (χ0v) is 39.2. The molecule has 62 heavy (non-hydrogen) atoms. The molecule has 0 unspecified atom stereocenters. The SMILES string of the molecule is CC(=O)/C=C(/C)[O-].CC(=O)/C=C(/C)[O-].CCO.CCO.COc1cccc(/C=N/N=C(\[O-])c2ccccn2)c1[O-].COc1cccc(/C=N/N=C(\[O-])c2ccccn2)c1[O-].[Dy+3].[Dy+3]. The van der Waals surface area contributed by atoms with E-state index >= 15 is 0 Å². The molecule has 2 aromatic heterocycles. The van der Waals surface area contributed by atoms with Crippen LogP contribution in [-0.2, 0) is 9.59 Å². The average Bonchev–Trinajstić information content (AvgIpc) is 3.20. The van der Waals surface area contributed by atoms with Crippen LogP contribution >= 0.6 is 0 Å². The Kier molecular flexibility index (Phi) is 41.3. The van der Waals surface area contributed by atoms with Crippen molar-refractivity contribution >= 4 is 35.8 Å². The van der Waals surface area contributed by atoms with Gasteiger partial charge in [0.2, 0.25) is 0 Å². The van der Waals surface area contributed by atoms with Crippen LogP contribution in [0.4, 0.5) is 0 Å². The van der Waals surface area contributed by atoms with Crippen molar-refractivity contribution in [1.29, 1.82) is 0 Å². The maximum Gasteiger partial charge on any atom is 3.00 e. The van der Waals surface area contributed by atoms with Crippen LogP contribution in [-0.4, -0.2) is 83.4 Å². The fraction of sp³-hybridized carbons (Fsp3) is 0.238. The molecule has 0 atom stereocenters. The number of pyridine rings is 2. The van der Waals surface area contributed by atoms with Crippen molar-refractivity contribution in [2.45, 2.75) is 41.5 Å². The van der Waals surface area contributed by atoms with Crippen molar-refractivity contribution in [1.82, 2.24) is 9.97 Å². The Bertz CT molecular complexity index is 1880. The van der Waals surface area contributed by atoms with Crippen LogP contribution in [0.1, 0.15) is 64.1 Å². The third-order valence-corrected chi connectivity index (χ3v) is 5.73. The molecule has 0 spiro atoms. The smallest absolute Gasteiger partial charge is 0.876 e. The summed E-state index contributed by atoms with van der Waals surface area (Å²) in [6.45, 7) is 9.26. The third kappa shape index (κ3) is 31.9. The summed E-state index contributed by atoms with van der Waals surface area (Å²) in [7, 11) is 2.82. The van der Waals surface area contributed by atoms with Crippen LogP contribution in [0.3, 0.4) is 0 Å². The molecule has 2 heterocycles. The summed E-state index contributed by atoms with van der Waals surface area (Å²) in [5, 5.41) is 96.0. The molecule has 0 aliphatic carbocycles. The third-order valence-electron chi connectivity index (χ3n) is 5.73. The monoisotopic (exact) mass is 1160 g/mol. The molecule has 2 radical (unpaired) electrons. The van der Waals surface area contributed by atoms with E-state index in [0.29, 0.717) is 11.1 Å². The summed E-state index contributed by atoms with van der Waals surface area (Å²) in [5.41, 5.74) is 0.971. The number of hydrogen-bond acceptors (Lipinski definition) is 18. The van der Waals surface area contributed by atoms with Gasteiger partial charge in [-0.15, -0.1) is 11.5 Å². The second-order valence-corrected chi connectivity index (χ2v) is 10.9. The largest absolute Gasteiger partial charge is 3.00 e. The summed E-state index contributed by atoms with van der Waals surface area (Å²) in [5.74, 6) is -2.08. The Morgan fingerprint density at radius 1 is 0.597 bits per heavy atom. The van der Waals surface area contributed by atoms with Gasteiger partial charge in [0.05, 0.1) is 38.0 Å². The van der Waals surface area contributed by atoms with E-state index < -0.39 is 11.8 Å². The van der Waals surface area contributed by atoms with E-state index in [0.717, 1.165) is 12.2 Å². The first-order chi connectivity index (χ1) is 28.5. The fourth-order valence-electron chi connectivity index (χ4n) is 3.53. The van der Waals surface area contributed by atoms with Gasteiger partial charge in [-0.1, -0.05) is 61.7 Å². The maximum atomic E-state index is 11.8. The number of aliphatic hydroxyl groups is 2. The Labute approximate surface area is 421 Å². The number of ketones is 2. The fourth-order valence-corrected chi connectivity index (χ4v) is 3.53. The topological polar surface area (TPSA) is 307 Å². The first kappa shape index (κ1) is 63.7. The van der Waals surface area contributed by atoms with Gasteiger partial charge < -0.3 is 50.3 Å². The van der Waals surface area contributed by atoms with Crippen LogP contribution in [0.25, 0.3) is 0 Å². The van der Waals surface area contributed by atoms with Gasteiger partial charge in [0.1, 0.15) is 11.5 Å². The van der Waals surface area contributed by atoms with Crippen molar-refractivity contribution in [2.24, 2.45) is 20.4 Å². The first-order valence-corrected chi connectivity index (χ1v) is 17.5. The summed E-state index contributed by atoms with van der Waals surface area (Å²) < 4.78 is 9.80. The number of carbonyl (C=O) groups excluding carboxylic acids is 2. The Balaban J connectivity index is -0.000000373. The molecule has 0 aliphatic heterocycles. The van der Waals surface area contributed by atoms with Crippen LogP contribution in [0, 0.1) is 76.3 Å². The minimum absolute atomic E-state index is 0. The van der Waals surface area contributed by atoms with E-state index in [1.165, 1.54) is 78.9 Å². The number of allylic oxidation sites excluding steroid dienone is 4. The minimum Gasteiger partial charge on any atom is -0.876 e. The van der Waals surface area contributed by atoms with E-state index in [4.69, 9.17) is 19.7 Å². The van der Waals surface area contributed by atoms with E-state index in [9.17, 15) is 40.2 Å². The average molecular weight is 1150 g/mol. The molecule has 0 saturated heterocycles. The molecule has 20 heteroatoms. The van der Waals surface area contributed by atoms with Gasteiger partial charge in [-0.2, -0.15) is 20.4 Å². The van der Waals surface area contributed by atoms with Gasteiger partial charge in [0.15, 0.2) is 11.6 Å². The molecular weight excluding hydrogens is 1110 g/mol. The Morgan fingerprint density at radius 2 is 0.919 bits per heavy atom. The number of methoxy groups -OCH3 is 2. The van der Waals surface area contributed by atoms with Gasteiger partial charge in [0, 0.05) is 37.4 Å². The normalized spacial score (nSPS) is 10.7. The number of nitrogens with zero attached hydrogens (tertiary/aromatic N) is 6. The molecule has 2 N–H and O–H groups in total. The molecule has 2 aromatic carbocycles. The number of ether oxygens (including phenoxy) is 2. The van der Waals surface area contributed by atoms with E-state index in [-0.39, 0.29) is 147 Å². The van der Waals surface area contributed by atoms with E-state index in [1.54, 1.807) is 74.5 Å². The number of para-hydroxylation sites is 2. The predicted molar refractivity (Wildman–Crippen MR) is 216 cm³/mol. The summed E-state index contributed by atoms with van der Waals surface area (Å²) in [6.07, 6.45) is 7.52. The molecule has 4 rings (SSSR count). The van der Waals surface area contributed by atoms with Crippen molar-refractivity contribution in [3.63, 3.8) is 0 Å². The summed E-state index contributed by atoms with van der Waals surface area (Å²) in [6, 6.07) is 19.4. The predicted octanol–water partition coefficient (Wildman–Crippen LogP) is 0.286. The summed E-state index contributed by atoms with van der Waals surface area (Å²) in [4.78, 5) is 27.7. The molecule has 0 amide bonds. The molecule has 18 nitrogen and oxygen atoms in total. The molecule has 0 bridgehead atoms. The first-order valence-electron chi connectivity index (χ1n) is 17.5. The van der Waals surface area contributed by atoms with Gasteiger partial charge in [-0.05, 0) is 87.4 Å². The number of benzene rings is 2. The minimum atomic E-state index is -0.572. The Morgan fingerprint density at radius 3 is 1.15 bits per heavy atom. The van der Waals surface area contributed by atoms with Gasteiger partial charge in [-0.25, -0.2) is 0 Å². The quantitative estimate of drug-likeness (QED) is 0.0709. The number of hydrogen-bond donors (Lipinski definition) is 2. The van der Waals surface area contributed by atoms with Gasteiger partial charge in [0.25, 0.3) is 0 Å². The molecule has 0 saturated carbocycles. The van der Waals surface area contributed by atoms with Crippen molar-refractivity contribution in [3.05, 3.63) is 131 Å². The number of aromatic nitrogens is 2. The van der Waals surface area contributed by atoms with Crippen molar-refractivity contribution < 1.29 is 136 Å². The Hall–Kier alpha value is -4.89. The van der Waals surface area contributed by atoms with Gasteiger partial charge in [-0.3, -0.25) is 19.6 Å². The van der Waals surface area contributed by atoms with E-state index in [1.807, 2.05) is 0 Å². The van der Waals surface area contributed by atoms with E-state index in [2.05, 4.69) is 30.4 Å². The molecular formula is C42H48Dy2N6O12. The number of rotatable bonds is 10. The number of aliphatic hydroxyl groups excluding tert-OH is 2. The van der Waals surface area contributed by atoms with Crippen LogP contribution < -0.4 is 40.1 Å². The zero-order chi connectivity index (χ0) is 45.9. The number of carbonyl (C=O) groups is 2. The maximum absolute atomic E-state index is 11.8. The van der Waals surface area contributed by atoms with Crippen LogP contribution in [0.2, 0.25) is 0 Å². The zero-order valence-electron chi connectivity index (χ0n) is 35.1. The van der Waals surface area contributed by atoms with Crippen molar-refractivity contribution in [2.75, 3.05) is 27.4 Å². The molecule has 0 fully saturated rings.